The molecular formula is C16H24BrN3S. The Bertz CT molecular complexity index is 467. The minimum absolute atomic E-state index is 0.694. The van der Waals surface area contributed by atoms with Crippen molar-refractivity contribution in [1.82, 2.24) is 10.2 Å². The van der Waals surface area contributed by atoms with E-state index in [-0.39, 0.29) is 0 Å². The summed E-state index contributed by atoms with van der Waals surface area (Å²) in [5, 5.41) is 7.18. The second kappa shape index (κ2) is 8.71. The molecule has 1 aliphatic rings. The molecule has 1 aromatic rings. The molecule has 1 heterocycles. The molecule has 1 atom stereocenters. The lowest BCUT2D eigenvalue weighted by Crippen LogP contribution is -2.39. The standard InChI is InChI=1S/C16H24BrN3S/c1-13-6-2-3-10-20(13)11-5-9-18-16(21)19-15-8-4-7-14(17)12-15/h4,7-8,12-13H,2-3,5-6,9-11H2,1H3,(H2,18,19,21)/t13-/m1/s1. The maximum atomic E-state index is 5.32. The van der Waals surface area contributed by atoms with E-state index in [1.54, 1.807) is 0 Å². The molecule has 0 aromatic heterocycles. The second-order valence-corrected chi connectivity index (χ2v) is 6.95. The van der Waals surface area contributed by atoms with E-state index in [4.69, 9.17) is 12.2 Å². The van der Waals surface area contributed by atoms with E-state index in [0.717, 1.165) is 35.7 Å². The fraction of sp³-hybridized carbons (Fsp3) is 0.562. The molecule has 1 saturated heterocycles. The van der Waals surface area contributed by atoms with E-state index in [2.05, 4.69) is 38.4 Å². The molecule has 0 spiro atoms. The summed E-state index contributed by atoms with van der Waals surface area (Å²) in [6.45, 7) is 5.67. The van der Waals surface area contributed by atoms with Crippen molar-refractivity contribution in [2.75, 3.05) is 25.0 Å². The molecule has 0 amide bonds. The van der Waals surface area contributed by atoms with Crippen LogP contribution >= 0.6 is 28.1 Å². The average molecular weight is 370 g/mol. The number of thiocarbonyl (C=S) groups is 1. The van der Waals surface area contributed by atoms with Crippen LogP contribution in [0.5, 0.6) is 0 Å². The molecule has 2 rings (SSSR count). The molecule has 1 fully saturated rings. The van der Waals surface area contributed by atoms with Crippen molar-refractivity contribution in [3.8, 4) is 0 Å². The van der Waals surface area contributed by atoms with Gasteiger partial charge in [-0.3, -0.25) is 0 Å². The lowest BCUT2D eigenvalue weighted by atomic mass is 10.0. The molecule has 0 aliphatic carbocycles. The Labute approximate surface area is 141 Å². The number of nitrogens with zero attached hydrogens (tertiary/aromatic N) is 1. The Hall–Kier alpha value is -0.650. The number of benzene rings is 1. The minimum Gasteiger partial charge on any atom is -0.362 e. The van der Waals surface area contributed by atoms with Crippen LogP contribution in [0, 0.1) is 0 Å². The number of piperidine rings is 1. The largest absolute Gasteiger partial charge is 0.362 e. The highest BCUT2D eigenvalue weighted by Crippen LogP contribution is 2.16. The van der Waals surface area contributed by atoms with Gasteiger partial charge in [0.2, 0.25) is 0 Å². The fourth-order valence-electron chi connectivity index (χ4n) is 2.72. The molecule has 21 heavy (non-hydrogen) atoms. The Kier molecular flexibility index (Phi) is 6.93. The highest BCUT2D eigenvalue weighted by atomic mass is 79.9. The first kappa shape index (κ1) is 16.7. The predicted octanol–water partition coefficient (Wildman–Crippen LogP) is 4.00. The molecule has 2 N–H and O–H groups in total. The molecule has 0 bridgehead atoms. The Balaban J connectivity index is 1.63. The van der Waals surface area contributed by atoms with Crippen LogP contribution in [0.4, 0.5) is 5.69 Å². The molecule has 1 aliphatic heterocycles. The third-order valence-electron chi connectivity index (χ3n) is 3.93. The van der Waals surface area contributed by atoms with E-state index in [1.807, 2.05) is 24.3 Å². The van der Waals surface area contributed by atoms with Gasteiger partial charge in [0.1, 0.15) is 0 Å². The summed E-state index contributed by atoms with van der Waals surface area (Å²) >= 11 is 8.78. The van der Waals surface area contributed by atoms with Gasteiger partial charge in [-0.2, -0.15) is 0 Å². The van der Waals surface area contributed by atoms with Crippen LogP contribution in [0.1, 0.15) is 32.6 Å². The molecule has 3 nitrogen and oxygen atoms in total. The third kappa shape index (κ3) is 5.93. The SMILES string of the molecule is C[C@@H]1CCCCN1CCCNC(=S)Nc1cccc(Br)c1. The summed E-state index contributed by atoms with van der Waals surface area (Å²) < 4.78 is 1.05. The first-order chi connectivity index (χ1) is 10.1. The van der Waals surface area contributed by atoms with Crippen molar-refractivity contribution in [2.45, 2.75) is 38.6 Å². The van der Waals surface area contributed by atoms with Gasteiger partial charge in [0.15, 0.2) is 5.11 Å². The average Bonchev–Trinajstić information content (AvgIpc) is 2.45. The number of anilines is 1. The van der Waals surface area contributed by atoms with Crippen molar-refractivity contribution in [2.24, 2.45) is 0 Å². The Morgan fingerprint density at radius 2 is 2.29 bits per heavy atom. The molecule has 0 unspecified atom stereocenters. The third-order valence-corrected chi connectivity index (χ3v) is 4.67. The summed E-state index contributed by atoms with van der Waals surface area (Å²) in [7, 11) is 0. The van der Waals surface area contributed by atoms with Gasteiger partial charge in [-0.25, -0.2) is 0 Å². The van der Waals surface area contributed by atoms with Crippen molar-refractivity contribution >= 4 is 38.9 Å². The fourth-order valence-corrected chi connectivity index (χ4v) is 3.33. The monoisotopic (exact) mass is 369 g/mol. The number of nitrogens with one attached hydrogen (secondary N) is 2. The van der Waals surface area contributed by atoms with Crippen LogP contribution in [-0.2, 0) is 0 Å². The molecule has 1 aromatic carbocycles. The molecule has 5 heteroatoms. The van der Waals surface area contributed by atoms with Crippen LogP contribution < -0.4 is 10.6 Å². The number of halogens is 1. The van der Waals surface area contributed by atoms with Gasteiger partial charge in [0.05, 0.1) is 0 Å². The zero-order valence-electron chi connectivity index (χ0n) is 12.6. The van der Waals surface area contributed by atoms with Gasteiger partial charge in [0.25, 0.3) is 0 Å². The van der Waals surface area contributed by atoms with Crippen LogP contribution in [0.3, 0.4) is 0 Å². The zero-order valence-corrected chi connectivity index (χ0v) is 15.0. The molecule has 0 saturated carbocycles. The van der Waals surface area contributed by atoms with Gasteiger partial charge >= 0.3 is 0 Å². The number of hydrogen-bond donors (Lipinski definition) is 2. The van der Waals surface area contributed by atoms with Gasteiger partial charge in [-0.05, 0) is 63.1 Å². The summed E-state index contributed by atoms with van der Waals surface area (Å²) in [6, 6.07) is 8.76. The van der Waals surface area contributed by atoms with E-state index in [1.165, 1.54) is 25.8 Å². The van der Waals surface area contributed by atoms with Crippen molar-refractivity contribution in [1.29, 1.82) is 0 Å². The van der Waals surface area contributed by atoms with Crippen LogP contribution in [0.15, 0.2) is 28.7 Å². The first-order valence-electron chi connectivity index (χ1n) is 7.69. The maximum absolute atomic E-state index is 5.32. The zero-order chi connectivity index (χ0) is 15.1. The summed E-state index contributed by atoms with van der Waals surface area (Å²) in [5.41, 5.74) is 1.01. The van der Waals surface area contributed by atoms with Gasteiger partial charge in [-0.15, -0.1) is 0 Å². The summed E-state index contributed by atoms with van der Waals surface area (Å²) in [6.07, 6.45) is 5.21. The highest BCUT2D eigenvalue weighted by Gasteiger charge is 2.16. The summed E-state index contributed by atoms with van der Waals surface area (Å²) in [5.74, 6) is 0. The number of rotatable bonds is 5. The van der Waals surface area contributed by atoms with Gasteiger partial charge in [-0.1, -0.05) is 28.4 Å². The topological polar surface area (TPSA) is 27.3 Å². The van der Waals surface area contributed by atoms with Gasteiger partial charge in [0, 0.05) is 29.3 Å². The van der Waals surface area contributed by atoms with E-state index in [9.17, 15) is 0 Å². The smallest absolute Gasteiger partial charge is 0.170 e. The maximum Gasteiger partial charge on any atom is 0.170 e. The van der Waals surface area contributed by atoms with Crippen molar-refractivity contribution < 1.29 is 0 Å². The minimum atomic E-state index is 0.694. The molecular weight excluding hydrogens is 346 g/mol. The van der Waals surface area contributed by atoms with Crippen LogP contribution in [0.25, 0.3) is 0 Å². The van der Waals surface area contributed by atoms with Gasteiger partial charge < -0.3 is 15.5 Å². The highest BCUT2D eigenvalue weighted by molar-refractivity contribution is 9.10. The lowest BCUT2D eigenvalue weighted by molar-refractivity contribution is 0.159. The van der Waals surface area contributed by atoms with Crippen molar-refractivity contribution in [3.05, 3.63) is 28.7 Å². The van der Waals surface area contributed by atoms with Crippen LogP contribution in [0.2, 0.25) is 0 Å². The lowest BCUT2D eigenvalue weighted by Gasteiger charge is -2.33. The second-order valence-electron chi connectivity index (χ2n) is 5.63. The quantitative estimate of drug-likeness (QED) is 0.605. The Morgan fingerprint density at radius 1 is 1.43 bits per heavy atom. The predicted molar refractivity (Wildman–Crippen MR) is 97.9 cm³/mol. The number of hydrogen-bond acceptors (Lipinski definition) is 2. The van der Waals surface area contributed by atoms with Crippen molar-refractivity contribution in [3.63, 3.8) is 0 Å². The number of likely N-dealkylation sites (tertiary alicyclic amines) is 1. The van der Waals surface area contributed by atoms with Crippen LogP contribution in [-0.4, -0.2) is 35.7 Å². The Morgan fingerprint density at radius 3 is 3.05 bits per heavy atom. The first-order valence-corrected chi connectivity index (χ1v) is 8.90. The molecule has 0 radical (unpaired) electrons. The van der Waals surface area contributed by atoms with E-state index < -0.39 is 0 Å². The van der Waals surface area contributed by atoms with E-state index >= 15 is 0 Å². The normalized spacial score (nSPS) is 19.2. The van der Waals surface area contributed by atoms with E-state index in [0.29, 0.717) is 5.11 Å². The molecule has 116 valence electrons. The summed E-state index contributed by atoms with van der Waals surface area (Å²) in [4.78, 5) is 2.59.